The Morgan fingerprint density at radius 3 is 1.69 bits per heavy atom. The first-order valence-corrected chi connectivity index (χ1v) is 9.26. The predicted molar refractivity (Wildman–Crippen MR) is 114 cm³/mol. The maximum Gasteiger partial charge on any atom is 0.0737 e. The molecule has 0 atom stereocenters. The molecule has 0 amide bonds. The van der Waals surface area contributed by atoms with Crippen LogP contribution >= 0.6 is 0 Å². The molecule has 0 saturated carbocycles. The summed E-state index contributed by atoms with van der Waals surface area (Å²) in [5.74, 6) is 0. The summed E-state index contributed by atoms with van der Waals surface area (Å²) in [5.41, 5.74) is 10.2. The molecule has 2 N–H and O–H groups in total. The third-order valence-corrected chi connectivity index (χ3v) is 5.06. The van der Waals surface area contributed by atoms with Gasteiger partial charge in [-0.15, -0.1) is 0 Å². The Hall–Kier alpha value is -3.40. The van der Waals surface area contributed by atoms with Gasteiger partial charge >= 0.3 is 0 Å². The second kappa shape index (κ2) is 6.89. The molecule has 2 aliphatic rings. The molecule has 0 aliphatic carbocycles. The SMILES string of the molecule is C1=Cc2cc3ccc(cc4ccc(cc5nc(cc1n2)-c1ccccc1-5)[nH]4)[nH]3.[Cu]. The molecule has 5 heterocycles. The Morgan fingerprint density at radius 1 is 0.517 bits per heavy atom. The molecule has 2 aliphatic heterocycles. The number of aromatic amines is 2. The monoisotopic (exact) mass is 423 g/mol. The number of fused-ring (bicyclic) bond motifs is 11. The number of H-pyrrole nitrogens is 2. The van der Waals surface area contributed by atoms with Crippen molar-refractivity contribution in [3.8, 4) is 22.5 Å². The van der Waals surface area contributed by atoms with E-state index in [-0.39, 0.29) is 17.1 Å². The molecule has 4 aromatic rings. The van der Waals surface area contributed by atoms with Crippen molar-refractivity contribution in [3.63, 3.8) is 0 Å². The summed E-state index contributed by atoms with van der Waals surface area (Å²) in [6.07, 6.45) is 4.06. The third kappa shape index (κ3) is 3.21. The van der Waals surface area contributed by atoms with Crippen LogP contribution in [0.3, 0.4) is 0 Å². The zero-order valence-electron chi connectivity index (χ0n) is 15.3. The summed E-state index contributed by atoms with van der Waals surface area (Å²) in [6.45, 7) is 0. The van der Waals surface area contributed by atoms with Crippen LogP contribution in [-0.4, -0.2) is 19.9 Å². The minimum atomic E-state index is 0. The molecular weight excluding hydrogens is 408 g/mol. The van der Waals surface area contributed by atoms with Gasteiger partial charge in [-0.3, -0.25) is 0 Å². The average molecular weight is 424 g/mol. The average Bonchev–Trinajstić information content (AvgIpc) is 3.47. The minimum absolute atomic E-state index is 0. The van der Waals surface area contributed by atoms with Gasteiger partial charge in [0.05, 0.1) is 22.8 Å². The van der Waals surface area contributed by atoms with Crippen LogP contribution in [-0.2, 0) is 17.1 Å². The van der Waals surface area contributed by atoms with E-state index in [9.17, 15) is 0 Å². The van der Waals surface area contributed by atoms with Crippen molar-refractivity contribution < 1.29 is 17.1 Å². The van der Waals surface area contributed by atoms with E-state index in [1.165, 1.54) is 0 Å². The van der Waals surface area contributed by atoms with Gasteiger partial charge in [0.2, 0.25) is 0 Å². The van der Waals surface area contributed by atoms with Gasteiger partial charge in [0, 0.05) is 50.3 Å². The Morgan fingerprint density at radius 2 is 1.03 bits per heavy atom. The number of nitrogens with zero attached hydrogens (tertiary/aromatic N) is 2. The van der Waals surface area contributed by atoms with Crippen LogP contribution in [0.2, 0.25) is 0 Å². The quantitative estimate of drug-likeness (QED) is 0.302. The molecule has 0 spiro atoms. The van der Waals surface area contributed by atoms with Gasteiger partial charge in [-0.1, -0.05) is 24.3 Å². The number of rotatable bonds is 0. The van der Waals surface area contributed by atoms with Gasteiger partial charge in [0.1, 0.15) is 0 Å². The van der Waals surface area contributed by atoms with E-state index < -0.39 is 0 Å². The van der Waals surface area contributed by atoms with Crippen LogP contribution in [0.4, 0.5) is 0 Å². The number of aromatic nitrogens is 4. The fourth-order valence-electron chi connectivity index (χ4n) is 3.77. The normalized spacial score (nSPS) is 11.7. The molecule has 6 rings (SSSR count). The van der Waals surface area contributed by atoms with E-state index in [0.29, 0.717) is 0 Å². The Labute approximate surface area is 177 Å². The summed E-state index contributed by atoms with van der Waals surface area (Å²) in [6, 6.07) is 24.9. The van der Waals surface area contributed by atoms with Gasteiger partial charge in [-0.25, -0.2) is 9.97 Å². The standard InChI is InChI=1S/C24H16N4.Cu/c1-2-4-22-21(3-1)23-13-19-9-7-17(26-19)11-15-5-6-16(25-15)12-18-8-10-20(27-18)14-24(22)28-23;/h1-14,25-26H;. The molecule has 1 aromatic carbocycles. The maximum atomic E-state index is 4.90. The molecule has 3 aromatic heterocycles. The fourth-order valence-corrected chi connectivity index (χ4v) is 3.77. The maximum absolute atomic E-state index is 4.90. The summed E-state index contributed by atoms with van der Waals surface area (Å²) in [4.78, 5) is 16.5. The van der Waals surface area contributed by atoms with E-state index in [1.807, 2.05) is 12.2 Å². The number of hydrogen-bond donors (Lipinski definition) is 2. The molecule has 0 saturated heterocycles. The van der Waals surface area contributed by atoms with Crippen LogP contribution < -0.4 is 0 Å². The van der Waals surface area contributed by atoms with Crippen LogP contribution in [0, 0.1) is 0 Å². The summed E-state index contributed by atoms with van der Waals surface area (Å²) < 4.78 is 0. The largest absolute Gasteiger partial charge is 0.355 e. The van der Waals surface area contributed by atoms with Crippen LogP contribution in [0.25, 0.3) is 56.7 Å². The van der Waals surface area contributed by atoms with Gasteiger partial charge in [0.15, 0.2) is 0 Å². The zero-order valence-corrected chi connectivity index (χ0v) is 16.2. The third-order valence-electron chi connectivity index (χ3n) is 5.06. The van der Waals surface area contributed by atoms with Gasteiger partial charge < -0.3 is 9.97 Å². The fraction of sp³-hybridized carbons (Fsp3) is 0. The van der Waals surface area contributed by atoms with E-state index in [1.54, 1.807) is 0 Å². The summed E-state index contributed by atoms with van der Waals surface area (Å²) >= 11 is 0. The molecule has 0 fully saturated rings. The molecule has 4 nitrogen and oxygen atoms in total. The summed E-state index contributed by atoms with van der Waals surface area (Å²) in [7, 11) is 0. The minimum Gasteiger partial charge on any atom is -0.355 e. The van der Waals surface area contributed by atoms with E-state index in [4.69, 9.17) is 9.97 Å². The Balaban J connectivity index is 0.00000181. The first-order chi connectivity index (χ1) is 13.8. The Bertz CT molecular complexity index is 1430. The van der Waals surface area contributed by atoms with E-state index in [2.05, 4.69) is 82.8 Å². The zero-order chi connectivity index (χ0) is 18.5. The summed E-state index contributed by atoms with van der Waals surface area (Å²) in [5, 5.41) is 0. The predicted octanol–water partition coefficient (Wildman–Crippen LogP) is 5.82. The molecule has 1 radical (unpaired) electrons. The first kappa shape index (κ1) is 17.7. The Kier molecular flexibility index (Phi) is 4.20. The number of benzene rings is 1. The van der Waals surface area contributed by atoms with E-state index in [0.717, 1.165) is 56.0 Å². The number of nitrogens with one attached hydrogen (secondary N) is 2. The molecule has 0 unspecified atom stereocenters. The molecule has 5 heteroatoms. The van der Waals surface area contributed by atoms with Crippen molar-refractivity contribution in [2.24, 2.45) is 0 Å². The van der Waals surface area contributed by atoms with Crippen molar-refractivity contribution in [1.29, 1.82) is 0 Å². The second-order valence-electron chi connectivity index (χ2n) is 7.04. The van der Waals surface area contributed by atoms with E-state index >= 15 is 0 Å². The van der Waals surface area contributed by atoms with Crippen molar-refractivity contribution in [2.75, 3.05) is 0 Å². The molecule has 8 bridgehead atoms. The van der Waals surface area contributed by atoms with Gasteiger partial charge in [-0.05, 0) is 60.7 Å². The molecule has 29 heavy (non-hydrogen) atoms. The van der Waals surface area contributed by atoms with Crippen LogP contribution in [0.5, 0.6) is 0 Å². The topological polar surface area (TPSA) is 57.4 Å². The van der Waals surface area contributed by atoms with Crippen LogP contribution in [0.1, 0.15) is 11.4 Å². The molecule has 143 valence electrons. The van der Waals surface area contributed by atoms with Gasteiger partial charge in [-0.2, -0.15) is 0 Å². The second-order valence-corrected chi connectivity index (χ2v) is 7.04. The van der Waals surface area contributed by atoms with Crippen LogP contribution in [0.15, 0.2) is 72.8 Å². The number of hydrogen-bond acceptors (Lipinski definition) is 2. The first-order valence-electron chi connectivity index (χ1n) is 9.26. The molecular formula is C24H16CuN4. The smallest absolute Gasteiger partial charge is 0.0737 e. The van der Waals surface area contributed by atoms with Crippen molar-refractivity contribution in [2.45, 2.75) is 0 Å². The van der Waals surface area contributed by atoms with Crippen molar-refractivity contribution in [1.82, 2.24) is 19.9 Å². The van der Waals surface area contributed by atoms with Crippen molar-refractivity contribution in [3.05, 3.63) is 84.2 Å². The van der Waals surface area contributed by atoms with Gasteiger partial charge in [0.25, 0.3) is 0 Å². The van der Waals surface area contributed by atoms with Crippen molar-refractivity contribution >= 4 is 34.2 Å².